The number of fused-ring (bicyclic) bond motifs is 1. The van der Waals surface area contributed by atoms with Gasteiger partial charge < -0.3 is 4.74 Å². The molecule has 2 heteroatoms. The van der Waals surface area contributed by atoms with E-state index in [2.05, 4.69) is 83.8 Å². The van der Waals surface area contributed by atoms with Crippen LogP contribution in [-0.4, -0.2) is 17.5 Å². The zero-order valence-electron chi connectivity index (χ0n) is 15.1. The third-order valence-electron chi connectivity index (χ3n) is 5.11. The summed E-state index contributed by atoms with van der Waals surface area (Å²) in [6.07, 6.45) is 1.05. The molecule has 0 unspecified atom stereocenters. The Morgan fingerprint density at radius 1 is 0.731 bits per heavy atom. The molecule has 3 aromatic carbocycles. The van der Waals surface area contributed by atoms with Crippen molar-refractivity contribution in [2.45, 2.75) is 32.2 Å². The van der Waals surface area contributed by atoms with Gasteiger partial charge in [-0.15, -0.1) is 0 Å². The lowest BCUT2D eigenvalue weighted by molar-refractivity contribution is 0.0376. The second kappa shape index (κ2) is 8.31. The summed E-state index contributed by atoms with van der Waals surface area (Å²) in [6, 6.07) is 30.4. The average Bonchev–Trinajstić information content (AvgIpc) is 2.70. The summed E-state index contributed by atoms with van der Waals surface area (Å²) in [7, 11) is 0. The minimum absolute atomic E-state index is 0.411. The highest BCUT2D eigenvalue weighted by molar-refractivity contribution is 5.30. The highest BCUT2D eigenvalue weighted by Gasteiger charge is 2.26. The number of rotatable bonds is 6. The van der Waals surface area contributed by atoms with E-state index >= 15 is 0 Å². The van der Waals surface area contributed by atoms with Crippen molar-refractivity contribution in [3.8, 4) is 0 Å². The predicted octanol–water partition coefficient (Wildman–Crippen LogP) is 4.83. The highest BCUT2D eigenvalue weighted by Crippen LogP contribution is 2.25. The third-order valence-corrected chi connectivity index (χ3v) is 5.11. The van der Waals surface area contributed by atoms with E-state index in [-0.39, 0.29) is 0 Å². The van der Waals surface area contributed by atoms with E-state index in [9.17, 15) is 0 Å². The number of benzene rings is 3. The van der Waals surface area contributed by atoms with Gasteiger partial charge in [0.15, 0.2) is 0 Å². The standard InChI is InChI=1S/C24H25NO/c1-3-9-20(10-4-1)16-25-17-23-14-8-7-13-22(23)15-24(25)19-26-18-21-11-5-2-6-12-21/h1-14,24H,15-19H2/t24-/m1/s1. The SMILES string of the molecule is c1ccc(COC[C@H]2Cc3ccccc3CN2Cc2ccccc2)cc1. The molecule has 0 bridgehead atoms. The molecule has 0 saturated carbocycles. The second-order valence-electron chi connectivity index (χ2n) is 7.02. The molecule has 26 heavy (non-hydrogen) atoms. The molecule has 132 valence electrons. The smallest absolute Gasteiger partial charge is 0.0717 e. The first-order valence-corrected chi connectivity index (χ1v) is 9.35. The van der Waals surface area contributed by atoms with Crippen molar-refractivity contribution in [3.05, 3.63) is 107 Å². The van der Waals surface area contributed by atoms with Crippen molar-refractivity contribution in [2.75, 3.05) is 6.61 Å². The molecule has 1 atom stereocenters. The van der Waals surface area contributed by atoms with Crippen molar-refractivity contribution in [3.63, 3.8) is 0 Å². The lowest BCUT2D eigenvalue weighted by atomic mass is 9.94. The molecule has 0 amide bonds. The van der Waals surface area contributed by atoms with E-state index < -0.39 is 0 Å². The van der Waals surface area contributed by atoms with Crippen molar-refractivity contribution >= 4 is 0 Å². The second-order valence-corrected chi connectivity index (χ2v) is 7.02. The van der Waals surface area contributed by atoms with Crippen molar-refractivity contribution in [2.24, 2.45) is 0 Å². The number of nitrogens with zero attached hydrogens (tertiary/aromatic N) is 1. The highest BCUT2D eigenvalue weighted by atomic mass is 16.5. The summed E-state index contributed by atoms with van der Waals surface area (Å²) in [6.45, 7) is 3.40. The topological polar surface area (TPSA) is 12.5 Å². The van der Waals surface area contributed by atoms with Gasteiger partial charge in [0.2, 0.25) is 0 Å². The molecule has 1 heterocycles. The summed E-state index contributed by atoms with van der Waals surface area (Å²) >= 11 is 0. The van der Waals surface area contributed by atoms with E-state index in [4.69, 9.17) is 4.74 Å². The van der Waals surface area contributed by atoms with Gasteiger partial charge in [-0.05, 0) is 28.7 Å². The van der Waals surface area contributed by atoms with Crippen LogP contribution in [0.15, 0.2) is 84.9 Å². The summed E-state index contributed by atoms with van der Waals surface area (Å²) in [5, 5.41) is 0. The Morgan fingerprint density at radius 2 is 1.35 bits per heavy atom. The van der Waals surface area contributed by atoms with Crippen molar-refractivity contribution < 1.29 is 4.74 Å². The maximum absolute atomic E-state index is 6.10. The van der Waals surface area contributed by atoms with Gasteiger partial charge in [-0.1, -0.05) is 84.9 Å². The quantitative estimate of drug-likeness (QED) is 0.635. The lowest BCUT2D eigenvalue weighted by Gasteiger charge is -2.37. The molecule has 4 rings (SSSR count). The van der Waals surface area contributed by atoms with Crippen LogP contribution in [0.5, 0.6) is 0 Å². The summed E-state index contributed by atoms with van der Waals surface area (Å²) in [4.78, 5) is 2.56. The van der Waals surface area contributed by atoms with Crippen molar-refractivity contribution in [1.82, 2.24) is 4.90 Å². The minimum atomic E-state index is 0.411. The van der Waals surface area contributed by atoms with Gasteiger partial charge in [0.05, 0.1) is 13.2 Å². The van der Waals surface area contributed by atoms with Gasteiger partial charge in [0, 0.05) is 19.1 Å². The maximum atomic E-state index is 6.10. The van der Waals surface area contributed by atoms with E-state index in [1.54, 1.807) is 0 Å². The summed E-state index contributed by atoms with van der Waals surface area (Å²) < 4.78 is 6.10. The number of hydrogen-bond acceptors (Lipinski definition) is 2. The van der Waals surface area contributed by atoms with Crippen LogP contribution in [0.2, 0.25) is 0 Å². The van der Waals surface area contributed by atoms with Gasteiger partial charge in [0.25, 0.3) is 0 Å². The molecule has 0 N–H and O–H groups in total. The zero-order chi connectivity index (χ0) is 17.6. The molecular formula is C24H25NO. The van der Waals surface area contributed by atoms with E-state index in [0.29, 0.717) is 12.6 Å². The minimum Gasteiger partial charge on any atom is -0.375 e. The fourth-order valence-corrected chi connectivity index (χ4v) is 3.70. The Morgan fingerprint density at radius 3 is 2.08 bits per heavy atom. The average molecular weight is 343 g/mol. The molecule has 1 aliphatic heterocycles. The first-order valence-electron chi connectivity index (χ1n) is 9.35. The van der Waals surface area contributed by atoms with Gasteiger partial charge in [0.1, 0.15) is 0 Å². The Labute approximate surface area is 156 Å². The fraction of sp³-hybridized carbons (Fsp3) is 0.250. The molecule has 0 aromatic heterocycles. The number of ether oxygens (including phenoxy) is 1. The van der Waals surface area contributed by atoms with Crippen molar-refractivity contribution in [1.29, 1.82) is 0 Å². The normalized spacial score (nSPS) is 17.0. The Bertz CT molecular complexity index is 816. The Balaban J connectivity index is 1.45. The first kappa shape index (κ1) is 17.0. The van der Waals surface area contributed by atoms with Crippen LogP contribution >= 0.6 is 0 Å². The zero-order valence-corrected chi connectivity index (χ0v) is 15.1. The number of hydrogen-bond donors (Lipinski definition) is 0. The van der Waals surface area contributed by atoms with E-state index in [0.717, 1.165) is 26.1 Å². The molecule has 0 aliphatic carbocycles. The largest absolute Gasteiger partial charge is 0.375 e. The lowest BCUT2D eigenvalue weighted by Crippen LogP contribution is -2.42. The van der Waals surface area contributed by atoms with E-state index in [1.165, 1.54) is 22.3 Å². The molecule has 0 fully saturated rings. The van der Waals surface area contributed by atoms with Gasteiger partial charge in [-0.3, -0.25) is 4.90 Å². The van der Waals surface area contributed by atoms with Crippen LogP contribution in [0.3, 0.4) is 0 Å². The van der Waals surface area contributed by atoms with Crippen LogP contribution in [-0.2, 0) is 30.9 Å². The van der Waals surface area contributed by atoms with Crippen LogP contribution in [0.1, 0.15) is 22.3 Å². The molecule has 3 aromatic rings. The third kappa shape index (κ3) is 4.21. The summed E-state index contributed by atoms with van der Waals surface area (Å²) in [5.41, 5.74) is 5.51. The van der Waals surface area contributed by atoms with Crippen LogP contribution in [0.25, 0.3) is 0 Å². The predicted molar refractivity (Wildman–Crippen MR) is 106 cm³/mol. The maximum Gasteiger partial charge on any atom is 0.0717 e. The molecular weight excluding hydrogens is 318 g/mol. The summed E-state index contributed by atoms with van der Waals surface area (Å²) in [5.74, 6) is 0. The monoisotopic (exact) mass is 343 g/mol. The Hall–Kier alpha value is -2.42. The van der Waals surface area contributed by atoms with Gasteiger partial charge >= 0.3 is 0 Å². The van der Waals surface area contributed by atoms with Gasteiger partial charge in [-0.25, -0.2) is 0 Å². The molecule has 0 spiro atoms. The molecule has 0 radical (unpaired) electrons. The molecule has 2 nitrogen and oxygen atoms in total. The van der Waals surface area contributed by atoms with Crippen LogP contribution in [0.4, 0.5) is 0 Å². The fourth-order valence-electron chi connectivity index (χ4n) is 3.70. The molecule has 1 aliphatic rings. The van der Waals surface area contributed by atoms with Crippen LogP contribution < -0.4 is 0 Å². The Kier molecular flexibility index (Phi) is 5.44. The first-order chi connectivity index (χ1) is 12.9. The van der Waals surface area contributed by atoms with Crippen LogP contribution in [0, 0.1) is 0 Å². The van der Waals surface area contributed by atoms with Gasteiger partial charge in [-0.2, -0.15) is 0 Å². The van der Waals surface area contributed by atoms with E-state index in [1.807, 2.05) is 6.07 Å². The molecule has 0 saturated heterocycles.